The zero-order valence-electron chi connectivity index (χ0n) is 9.31. The third-order valence-corrected chi connectivity index (χ3v) is 2.85. The van der Waals surface area contributed by atoms with E-state index in [2.05, 4.69) is 40.4 Å². The molecule has 2 rings (SSSR count). The molecule has 16 heavy (non-hydrogen) atoms. The predicted molar refractivity (Wildman–Crippen MR) is 71.3 cm³/mol. The van der Waals surface area contributed by atoms with Gasteiger partial charge in [-0.2, -0.15) is 0 Å². The van der Waals surface area contributed by atoms with Crippen molar-refractivity contribution in [1.29, 1.82) is 0 Å². The normalized spacial score (nSPS) is 10.1. The molecular formula is C14H15OP. The molecule has 0 N–H and O–H groups in total. The van der Waals surface area contributed by atoms with Gasteiger partial charge in [-0.15, -0.1) is 9.24 Å². The number of hydrogen-bond donors (Lipinski definition) is 0. The van der Waals surface area contributed by atoms with Gasteiger partial charge in [0.1, 0.15) is 12.4 Å². The molecule has 2 aromatic rings. The van der Waals surface area contributed by atoms with E-state index in [0.717, 1.165) is 11.1 Å². The lowest BCUT2D eigenvalue weighted by Crippen LogP contribution is -2.03. The summed E-state index contributed by atoms with van der Waals surface area (Å²) >= 11 is 0. The summed E-state index contributed by atoms with van der Waals surface area (Å²) in [6.07, 6.45) is 0. The molecule has 82 valence electrons. The highest BCUT2D eigenvalue weighted by Gasteiger charge is 1.99. The Morgan fingerprint density at radius 1 is 1.06 bits per heavy atom. The molecule has 1 nitrogen and oxygen atoms in total. The fraction of sp³-hybridized carbons (Fsp3) is 0.143. The molecule has 0 bridgehead atoms. The van der Waals surface area contributed by atoms with E-state index in [-0.39, 0.29) is 0 Å². The molecule has 0 aliphatic rings. The topological polar surface area (TPSA) is 9.23 Å². The van der Waals surface area contributed by atoms with Crippen LogP contribution in [0.3, 0.4) is 0 Å². The van der Waals surface area contributed by atoms with Gasteiger partial charge in [-0.25, -0.2) is 0 Å². The highest BCUT2D eigenvalue weighted by molar-refractivity contribution is 7.27. The van der Waals surface area contributed by atoms with Gasteiger partial charge in [0.05, 0.1) is 0 Å². The molecule has 0 spiro atoms. The molecule has 0 amide bonds. The maximum atomic E-state index is 5.76. The first-order valence-corrected chi connectivity index (χ1v) is 5.86. The molecule has 1 atom stereocenters. The third kappa shape index (κ3) is 2.84. The zero-order valence-corrected chi connectivity index (χ0v) is 10.5. The predicted octanol–water partition coefficient (Wildman–Crippen LogP) is 3.07. The number of ether oxygens (including phenoxy) is 1. The van der Waals surface area contributed by atoms with Crippen LogP contribution in [-0.2, 0) is 6.61 Å². The van der Waals surface area contributed by atoms with Gasteiger partial charge in [0.15, 0.2) is 0 Å². The molecule has 0 heterocycles. The van der Waals surface area contributed by atoms with Crippen molar-refractivity contribution in [3.63, 3.8) is 0 Å². The van der Waals surface area contributed by atoms with Crippen LogP contribution in [0.5, 0.6) is 5.75 Å². The van der Waals surface area contributed by atoms with Crippen LogP contribution in [0, 0.1) is 6.92 Å². The second-order valence-corrected chi connectivity index (χ2v) is 4.44. The van der Waals surface area contributed by atoms with Crippen LogP contribution in [0.15, 0.2) is 48.5 Å². The van der Waals surface area contributed by atoms with Gasteiger partial charge in [-0.05, 0) is 24.6 Å². The number of benzene rings is 2. The largest absolute Gasteiger partial charge is 0.488 e. The van der Waals surface area contributed by atoms with Crippen molar-refractivity contribution in [1.82, 2.24) is 0 Å². The molecule has 0 aromatic heterocycles. The Kier molecular flexibility index (Phi) is 3.58. The van der Waals surface area contributed by atoms with Gasteiger partial charge in [-0.3, -0.25) is 0 Å². The van der Waals surface area contributed by atoms with E-state index in [1.807, 2.05) is 24.3 Å². The molecule has 0 aliphatic heterocycles. The second-order valence-electron chi connectivity index (χ2n) is 3.82. The first-order chi connectivity index (χ1) is 7.75. The molecule has 0 fully saturated rings. The van der Waals surface area contributed by atoms with Gasteiger partial charge in [0.25, 0.3) is 0 Å². The van der Waals surface area contributed by atoms with Gasteiger partial charge < -0.3 is 4.74 Å². The third-order valence-electron chi connectivity index (χ3n) is 2.40. The standard InChI is InChI=1S/C14H15OP/c1-11-7-8-13(14(16)9-11)15-10-12-5-3-2-4-6-12/h2-9H,10,16H2,1H3. The monoisotopic (exact) mass is 230 g/mol. The number of hydrogen-bond acceptors (Lipinski definition) is 1. The van der Waals surface area contributed by atoms with Crippen molar-refractivity contribution in [3.05, 3.63) is 59.7 Å². The fourth-order valence-electron chi connectivity index (χ4n) is 1.53. The summed E-state index contributed by atoms with van der Waals surface area (Å²) in [5.41, 5.74) is 2.43. The number of rotatable bonds is 3. The van der Waals surface area contributed by atoms with Crippen molar-refractivity contribution in [2.24, 2.45) is 0 Å². The maximum absolute atomic E-state index is 5.76. The Hall–Kier alpha value is -1.33. The molecule has 2 heteroatoms. The molecule has 0 saturated carbocycles. The Balaban J connectivity index is 2.05. The highest BCUT2D eigenvalue weighted by Crippen LogP contribution is 2.14. The maximum Gasteiger partial charge on any atom is 0.126 e. The zero-order chi connectivity index (χ0) is 11.4. The smallest absolute Gasteiger partial charge is 0.126 e. The van der Waals surface area contributed by atoms with Gasteiger partial charge in [0.2, 0.25) is 0 Å². The molecule has 0 saturated heterocycles. The summed E-state index contributed by atoms with van der Waals surface area (Å²) in [5.74, 6) is 0.930. The Bertz CT molecular complexity index is 465. The average molecular weight is 230 g/mol. The van der Waals surface area contributed by atoms with Crippen molar-refractivity contribution in [3.8, 4) is 5.75 Å². The van der Waals surface area contributed by atoms with Crippen LogP contribution in [0.25, 0.3) is 0 Å². The van der Waals surface area contributed by atoms with Crippen LogP contribution in [0.2, 0.25) is 0 Å². The van der Waals surface area contributed by atoms with Crippen molar-refractivity contribution in [2.45, 2.75) is 13.5 Å². The SMILES string of the molecule is Cc1ccc(OCc2ccccc2)c(P)c1. The van der Waals surface area contributed by atoms with Gasteiger partial charge in [-0.1, -0.05) is 42.0 Å². The van der Waals surface area contributed by atoms with E-state index < -0.39 is 0 Å². The first-order valence-electron chi connectivity index (χ1n) is 5.28. The van der Waals surface area contributed by atoms with Crippen LogP contribution >= 0.6 is 9.24 Å². The highest BCUT2D eigenvalue weighted by atomic mass is 31.0. The summed E-state index contributed by atoms with van der Waals surface area (Å²) in [7, 11) is 2.71. The van der Waals surface area contributed by atoms with Crippen LogP contribution < -0.4 is 10.0 Å². The summed E-state index contributed by atoms with van der Waals surface area (Å²) in [6, 6.07) is 16.4. The molecule has 2 aromatic carbocycles. The minimum Gasteiger partial charge on any atom is -0.488 e. The first kappa shape index (κ1) is 11.2. The van der Waals surface area contributed by atoms with Gasteiger partial charge >= 0.3 is 0 Å². The molecule has 0 radical (unpaired) electrons. The van der Waals surface area contributed by atoms with E-state index in [1.165, 1.54) is 11.1 Å². The minimum absolute atomic E-state index is 0.616. The van der Waals surface area contributed by atoms with Crippen molar-refractivity contribution < 1.29 is 4.74 Å². The summed E-state index contributed by atoms with van der Waals surface area (Å²) in [4.78, 5) is 0. The summed E-state index contributed by atoms with van der Waals surface area (Å²) in [6.45, 7) is 2.69. The minimum atomic E-state index is 0.616. The van der Waals surface area contributed by atoms with Crippen molar-refractivity contribution >= 4 is 14.5 Å². The van der Waals surface area contributed by atoms with E-state index in [0.29, 0.717) is 6.61 Å². The van der Waals surface area contributed by atoms with E-state index in [1.54, 1.807) is 0 Å². The average Bonchev–Trinajstić information content (AvgIpc) is 2.29. The lowest BCUT2D eigenvalue weighted by Gasteiger charge is -2.09. The van der Waals surface area contributed by atoms with Gasteiger partial charge in [0, 0.05) is 5.30 Å². The van der Waals surface area contributed by atoms with E-state index in [9.17, 15) is 0 Å². The second kappa shape index (κ2) is 5.14. The molecule has 0 aliphatic carbocycles. The fourth-order valence-corrected chi connectivity index (χ4v) is 1.98. The Morgan fingerprint density at radius 2 is 1.81 bits per heavy atom. The quantitative estimate of drug-likeness (QED) is 0.736. The van der Waals surface area contributed by atoms with Crippen LogP contribution in [-0.4, -0.2) is 0 Å². The van der Waals surface area contributed by atoms with E-state index in [4.69, 9.17) is 4.74 Å². The lowest BCUT2D eigenvalue weighted by atomic mass is 10.2. The Morgan fingerprint density at radius 3 is 2.50 bits per heavy atom. The van der Waals surface area contributed by atoms with Crippen LogP contribution in [0.4, 0.5) is 0 Å². The van der Waals surface area contributed by atoms with E-state index >= 15 is 0 Å². The van der Waals surface area contributed by atoms with Crippen molar-refractivity contribution in [2.75, 3.05) is 0 Å². The Labute approximate surface area is 98.7 Å². The molecular weight excluding hydrogens is 215 g/mol. The molecule has 1 unspecified atom stereocenters. The number of aryl methyl sites for hydroxylation is 1. The van der Waals surface area contributed by atoms with Crippen LogP contribution in [0.1, 0.15) is 11.1 Å². The summed E-state index contributed by atoms with van der Waals surface area (Å²) in [5, 5.41) is 1.11. The summed E-state index contributed by atoms with van der Waals surface area (Å²) < 4.78 is 5.76. The lowest BCUT2D eigenvalue weighted by molar-refractivity contribution is 0.309.